The minimum absolute atomic E-state index is 0.0971. The van der Waals surface area contributed by atoms with Crippen molar-refractivity contribution < 1.29 is 4.79 Å². The molecule has 3 rings (SSSR count). The van der Waals surface area contributed by atoms with Crippen LogP contribution in [-0.2, 0) is 0 Å². The maximum atomic E-state index is 12.6. The molecular weight excluding hydrogens is 300 g/mol. The normalized spacial score (nSPS) is 10.9. The number of halogens is 1. The fraction of sp³-hybridized carbons (Fsp3) is 0.118. The molecule has 4 nitrogen and oxygen atoms in total. The summed E-state index contributed by atoms with van der Waals surface area (Å²) < 4.78 is 0. The molecule has 0 aliphatic rings. The van der Waals surface area contributed by atoms with Gasteiger partial charge >= 0.3 is 0 Å². The monoisotopic (exact) mass is 312 g/mol. The number of aryl methyl sites for hydroxylation is 2. The van der Waals surface area contributed by atoms with Gasteiger partial charge in [-0.05, 0) is 49.2 Å². The second-order valence-corrected chi connectivity index (χ2v) is 5.60. The van der Waals surface area contributed by atoms with Gasteiger partial charge in [0.05, 0.1) is 5.56 Å². The number of hydrogen-bond acceptors (Lipinski definition) is 3. The Hall–Kier alpha value is -2.46. The molecule has 0 saturated carbocycles. The van der Waals surface area contributed by atoms with Gasteiger partial charge in [-0.15, -0.1) is 0 Å². The number of aromatic nitrogens is 2. The van der Waals surface area contributed by atoms with Crippen molar-refractivity contribution in [2.45, 2.75) is 13.8 Å². The van der Waals surface area contributed by atoms with E-state index >= 15 is 0 Å². The van der Waals surface area contributed by atoms with Crippen LogP contribution in [0.15, 0.2) is 41.5 Å². The predicted molar refractivity (Wildman–Crippen MR) is 86.7 cm³/mol. The highest BCUT2D eigenvalue weighted by Gasteiger charge is 2.15. The van der Waals surface area contributed by atoms with Gasteiger partial charge in [-0.2, -0.15) is 0 Å². The highest BCUT2D eigenvalue weighted by atomic mass is 35.5. The molecule has 0 bridgehead atoms. The number of carbonyl (C=O) groups excluding carboxylic acids is 1. The largest absolute Gasteiger partial charge is 0.360 e. The van der Waals surface area contributed by atoms with Gasteiger partial charge in [-0.25, -0.2) is 4.98 Å². The summed E-state index contributed by atoms with van der Waals surface area (Å²) in [5.41, 5.74) is 2.97. The lowest BCUT2D eigenvalue weighted by molar-refractivity contribution is 0.103. The average Bonchev–Trinajstić information content (AvgIpc) is 2.50. The van der Waals surface area contributed by atoms with Crippen LogP contribution in [0.1, 0.15) is 27.0 Å². The van der Waals surface area contributed by atoms with Crippen LogP contribution in [0, 0.1) is 13.8 Å². The lowest BCUT2D eigenvalue weighted by Crippen LogP contribution is -2.17. The van der Waals surface area contributed by atoms with Gasteiger partial charge in [0.2, 0.25) is 5.43 Å². The minimum atomic E-state index is -0.370. The lowest BCUT2D eigenvalue weighted by Gasteiger charge is -2.06. The van der Waals surface area contributed by atoms with Crippen LogP contribution in [0.25, 0.3) is 10.9 Å². The van der Waals surface area contributed by atoms with Crippen LogP contribution in [-0.4, -0.2) is 15.8 Å². The molecule has 0 aliphatic heterocycles. The number of H-pyrrole nitrogens is 1. The molecule has 2 aromatic heterocycles. The number of ketones is 1. The highest BCUT2D eigenvalue weighted by Crippen LogP contribution is 2.16. The van der Waals surface area contributed by atoms with E-state index in [1.165, 1.54) is 18.5 Å². The van der Waals surface area contributed by atoms with Crippen molar-refractivity contribution in [3.63, 3.8) is 0 Å². The summed E-state index contributed by atoms with van der Waals surface area (Å²) in [6.07, 6.45) is 2.82. The Balaban J connectivity index is 2.17. The van der Waals surface area contributed by atoms with Crippen LogP contribution >= 0.6 is 11.6 Å². The molecule has 0 unspecified atom stereocenters. The molecule has 1 N–H and O–H groups in total. The van der Waals surface area contributed by atoms with Crippen molar-refractivity contribution in [1.29, 1.82) is 0 Å². The Labute approximate surface area is 131 Å². The smallest absolute Gasteiger partial charge is 0.200 e. The van der Waals surface area contributed by atoms with Gasteiger partial charge in [-0.1, -0.05) is 11.6 Å². The summed E-state index contributed by atoms with van der Waals surface area (Å²) in [6.45, 7) is 3.91. The first kappa shape index (κ1) is 14.5. The lowest BCUT2D eigenvalue weighted by atomic mass is 10.0. The zero-order valence-corrected chi connectivity index (χ0v) is 12.9. The highest BCUT2D eigenvalue weighted by molar-refractivity contribution is 6.29. The van der Waals surface area contributed by atoms with Crippen molar-refractivity contribution in [3.05, 3.63) is 74.3 Å². The van der Waals surface area contributed by atoms with E-state index in [0.29, 0.717) is 16.1 Å². The molecule has 3 aromatic rings. The second kappa shape index (κ2) is 5.39. The van der Waals surface area contributed by atoms with Crippen LogP contribution in [0.2, 0.25) is 5.15 Å². The van der Waals surface area contributed by atoms with Gasteiger partial charge < -0.3 is 4.98 Å². The SMILES string of the molecule is Cc1cc2[nH]cc(C(=O)c3ccc(Cl)nc3)c(=O)c2cc1C. The zero-order valence-electron chi connectivity index (χ0n) is 12.1. The number of nitrogens with zero attached hydrogens (tertiary/aromatic N) is 1. The van der Waals surface area contributed by atoms with Crippen molar-refractivity contribution in [2.24, 2.45) is 0 Å². The number of rotatable bonds is 2. The topological polar surface area (TPSA) is 62.8 Å². The van der Waals surface area contributed by atoms with Crippen LogP contribution in [0.5, 0.6) is 0 Å². The summed E-state index contributed by atoms with van der Waals surface area (Å²) in [6, 6.07) is 6.80. The number of nitrogens with one attached hydrogen (secondary N) is 1. The molecule has 0 amide bonds. The quantitative estimate of drug-likeness (QED) is 0.582. The molecule has 2 heterocycles. The number of benzene rings is 1. The molecule has 0 saturated heterocycles. The predicted octanol–water partition coefficient (Wildman–Crippen LogP) is 3.42. The third-order valence-electron chi connectivity index (χ3n) is 3.73. The summed E-state index contributed by atoms with van der Waals surface area (Å²) in [5, 5.41) is 0.811. The Morgan fingerprint density at radius 2 is 1.91 bits per heavy atom. The number of fused-ring (bicyclic) bond motifs is 1. The van der Waals surface area contributed by atoms with Gasteiger partial charge in [0, 0.05) is 28.9 Å². The minimum Gasteiger partial charge on any atom is -0.360 e. The summed E-state index contributed by atoms with van der Waals surface area (Å²) >= 11 is 5.71. The molecule has 1 aromatic carbocycles. The third kappa shape index (κ3) is 2.42. The Bertz CT molecular complexity index is 943. The van der Waals surface area contributed by atoms with Gasteiger partial charge in [-0.3, -0.25) is 9.59 Å². The summed E-state index contributed by atoms with van der Waals surface area (Å²) in [7, 11) is 0. The van der Waals surface area contributed by atoms with E-state index in [4.69, 9.17) is 11.6 Å². The van der Waals surface area contributed by atoms with Crippen molar-refractivity contribution in [3.8, 4) is 0 Å². The van der Waals surface area contributed by atoms with Crippen molar-refractivity contribution >= 4 is 28.3 Å². The van der Waals surface area contributed by atoms with Gasteiger partial charge in [0.1, 0.15) is 5.15 Å². The second-order valence-electron chi connectivity index (χ2n) is 5.21. The Morgan fingerprint density at radius 1 is 1.18 bits per heavy atom. The number of aromatic amines is 1. The first-order valence-corrected chi connectivity index (χ1v) is 7.14. The Morgan fingerprint density at radius 3 is 2.59 bits per heavy atom. The fourth-order valence-corrected chi connectivity index (χ4v) is 2.43. The molecule has 0 radical (unpaired) electrons. The molecule has 0 atom stereocenters. The van der Waals surface area contributed by atoms with E-state index in [0.717, 1.165) is 16.6 Å². The molecule has 0 aliphatic carbocycles. The van der Waals surface area contributed by atoms with Crippen molar-refractivity contribution in [2.75, 3.05) is 0 Å². The molecule has 110 valence electrons. The molecular formula is C17H13ClN2O2. The maximum absolute atomic E-state index is 12.6. The molecule has 0 spiro atoms. The van der Waals surface area contributed by atoms with E-state index in [2.05, 4.69) is 9.97 Å². The van der Waals surface area contributed by atoms with Crippen LogP contribution in [0.3, 0.4) is 0 Å². The van der Waals surface area contributed by atoms with Gasteiger partial charge in [0.15, 0.2) is 5.78 Å². The van der Waals surface area contributed by atoms with E-state index in [1.807, 2.05) is 19.9 Å². The standard InChI is InChI=1S/C17H13ClN2O2/c1-9-5-12-14(6-10(9)2)19-8-13(17(12)22)16(21)11-3-4-15(18)20-7-11/h3-8H,1-2H3,(H,19,22). The average molecular weight is 313 g/mol. The van der Waals surface area contributed by atoms with Crippen LogP contribution < -0.4 is 5.43 Å². The number of pyridine rings is 2. The zero-order chi connectivity index (χ0) is 15.9. The van der Waals surface area contributed by atoms with E-state index in [1.54, 1.807) is 12.1 Å². The van der Waals surface area contributed by atoms with Crippen LogP contribution in [0.4, 0.5) is 0 Å². The van der Waals surface area contributed by atoms with E-state index in [-0.39, 0.29) is 16.8 Å². The van der Waals surface area contributed by atoms with Gasteiger partial charge in [0.25, 0.3) is 0 Å². The fourth-order valence-electron chi connectivity index (χ4n) is 2.32. The van der Waals surface area contributed by atoms with Crippen molar-refractivity contribution in [1.82, 2.24) is 9.97 Å². The molecule has 0 fully saturated rings. The van der Waals surface area contributed by atoms with E-state index in [9.17, 15) is 9.59 Å². The maximum Gasteiger partial charge on any atom is 0.200 e. The molecule has 5 heteroatoms. The Kier molecular flexibility index (Phi) is 3.54. The number of hydrogen-bond donors (Lipinski definition) is 1. The first-order chi connectivity index (χ1) is 10.5. The third-order valence-corrected chi connectivity index (χ3v) is 3.95. The molecule has 22 heavy (non-hydrogen) atoms. The van der Waals surface area contributed by atoms with E-state index < -0.39 is 0 Å². The summed E-state index contributed by atoms with van der Waals surface area (Å²) in [4.78, 5) is 32.0. The number of carbonyl (C=O) groups is 1. The summed E-state index contributed by atoms with van der Waals surface area (Å²) in [5.74, 6) is -0.370. The first-order valence-electron chi connectivity index (χ1n) is 6.76.